The molecule has 1 fully saturated rings. The van der Waals surface area contributed by atoms with Gasteiger partial charge in [0.25, 0.3) is 0 Å². The molecule has 1 aliphatic heterocycles. The predicted molar refractivity (Wildman–Crippen MR) is 111 cm³/mol. The Bertz CT molecular complexity index is 662. The monoisotopic (exact) mass is 366 g/mol. The van der Waals surface area contributed by atoms with Gasteiger partial charge in [-0.2, -0.15) is 0 Å². The molecule has 0 bridgehead atoms. The molecule has 4 rings (SSSR count). The summed E-state index contributed by atoms with van der Waals surface area (Å²) in [6.07, 6.45) is 13.8. The first-order chi connectivity index (χ1) is 13.3. The number of amides is 1. The minimum Gasteiger partial charge on any atom is -0.341 e. The molecule has 0 aromatic heterocycles. The Morgan fingerprint density at radius 1 is 1.07 bits per heavy atom. The average Bonchev–Trinajstić information content (AvgIpc) is 3.24. The van der Waals surface area contributed by atoms with Crippen LogP contribution < -0.4 is 0 Å². The maximum atomic E-state index is 13.5. The number of hydrogen-bond acceptors (Lipinski definition) is 2. The molecule has 0 radical (unpaired) electrons. The normalized spacial score (nSPS) is 25.3. The van der Waals surface area contributed by atoms with Crippen molar-refractivity contribution in [2.45, 2.75) is 51.4 Å². The first-order valence-electron chi connectivity index (χ1n) is 11.0. The van der Waals surface area contributed by atoms with Crippen LogP contribution in [0.25, 0.3) is 0 Å². The molecule has 2 aliphatic carbocycles. The number of likely N-dealkylation sites (tertiary alicyclic amines) is 1. The Kier molecular flexibility index (Phi) is 6.28. The highest BCUT2D eigenvalue weighted by Crippen LogP contribution is 2.28. The van der Waals surface area contributed by atoms with Crippen LogP contribution in [0.3, 0.4) is 0 Å². The van der Waals surface area contributed by atoms with E-state index >= 15 is 0 Å². The van der Waals surface area contributed by atoms with Gasteiger partial charge in [0.2, 0.25) is 5.91 Å². The van der Waals surface area contributed by atoms with Crippen LogP contribution in [0, 0.1) is 11.8 Å². The van der Waals surface area contributed by atoms with Gasteiger partial charge in [-0.1, -0.05) is 36.4 Å². The highest BCUT2D eigenvalue weighted by molar-refractivity contribution is 5.79. The highest BCUT2D eigenvalue weighted by atomic mass is 16.2. The first kappa shape index (κ1) is 18.7. The van der Waals surface area contributed by atoms with Crippen molar-refractivity contribution in [1.82, 2.24) is 9.80 Å². The Hall–Kier alpha value is -1.61. The second-order valence-electron chi connectivity index (χ2n) is 8.69. The van der Waals surface area contributed by atoms with E-state index in [1.165, 1.54) is 49.9 Å². The fourth-order valence-corrected chi connectivity index (χ4v) is 5.06. The van der Waals surface area contributed by atoms with Gasteiger partial charge in [-0.05, 0) is 81.5 Å². The van der Waals surface area contributed by atoms with Gasteiger partial charge in [-0.15, -0.1) is 0 Å². The molecule has 27 heavy (non-hydrogen) atoms. The Labute approximate surface area is 164 Å². The minimum atomic E-state index is 0.178. The number of fused-ring (bicyclic) bond motifs is 1. The molecule has 2 atom stereocenters. The van der Waals surface area contributed by atoms with Crippen LogP contribution in [0.5, 0.6) is 0 Å². The van der Waals surface area contributed by atoms with Crippen LogP contribution in [0.15, 0.2) is 36.4 Å². The van der Waals surface area contributed by atoms with E-state index < -0.39 is 0 Å². The van der Waals surface area contributed by atoms with Crippen LogP contribution >= 0.6 is 0 Å². The number of nitrogens with zero attached hydrogens (tertiary/aromatic N) is 2. The van der Waals surface area contributed by atoms with E-state index in [0.29, 0.717) is 11.8 Å². The van der Waals surface area contributed by atoms with Crippen LogP contribution in [0.1, 0.15) is 49.7 Å². The molecular formula is C24H34N2O. The summed E-state index contributed by atoms with van der Waals surface area (Å²) in [5.41, 5.74) is 2.84. The van der Waals surface area contributed by atoms with Crippen LogP contribution in [-0.2, 0) is 17.6 Å². The summed E-state index contributed by atoms with van der Waals surface area (Å²) in [6, 6.07) is 8.69. The van der Waals surface area contributed by atoms with Crippen molar-refractivity contribution >= 4 is 5.91 Å². The molecule has 1 saturated heterocycles. The Balaban J connectivity index is 1.41. The Morgan fingerprint density at radius 2 is 1.89 bits per heavy atom. The number of hydrogen-bond donors (Lipinski definition) is 0. The van der Waals surface area contributed by atoms with Crippen molar-refractivity contribution in [3.05, 3.63) is 47.5 Å². The topological polar surface area (TPSA) is 23.6 Å². The van der Waals surface area contributed by atoms with Gasteiger partial charge >= 0.3 is 0 Å². The molecule has 1 aromatic carbocycles. The number of carbonyl (C=O) groups is 1. The smallest absolute Gasteiger partial charge is 0.226 e. The summed E-state index contributed by atoms with van der Waals surface area (Å²) in [4.78, 5) is 18.3. The van der Waals surface area contributed by atoms with Crippen molar-refractivity contribution in [3.8, 4) is 0 Å². The van der Waals surface area contributed by atoms with Crippen LogP contribution in [0.2, 0.25) is 0 Å². The lowest BCUT2D eigenvalue weighted by Crippen LogP contribution is -2.44. The van der Waals surface area contributed by atoms with Crippen molar-refractivity contribution in [2.75, 3.05) is 32.7 Å². The molecule has 1 amide bonds. The lowest BCUT2D eigenvalue weighted by atomic mass is 9.83. The summed E-state index contributed by atoms with van der Waals surface area (Å²) < 4.78 is 0. The van der Waals surface area contributed by atoms with Crippen molar-refractivity contribution in [2.24, 2.45) is 11.8 Å². The third-order valence-corrected chi connectivity index (χ3v) is 6.75. The highest BCUT2D eigenvalue weighted by Gasteiger charge is 2.30. The minimum absolute atomic E-state index is 0.178. The van der Waals surface area contributed by atoms with E-state index in [2.05, 4.69) is 46.2 Å². The van der Waals surface area contributed by atoms with Crippen LogP contribution in [-0.4, -0.2) is 48.4 Å². The maximum Gasteiger partial charge on any atom is 0.226 e. The fourth-order valence-electron chi connectivity index (χ4n) is 5.06. The third-order valence-electron chi connectivity index (χ3n) is 6.75. The number of carbonyl (C=O) groups excluding carboxylic acids is 1. The van der Waals surface area contributed by atoms with Crippen molar-refractivity contribution < 1.29 is 4.79 Å². The second kappa shape index (κ2) is 9.05. The van der Waals surface area contributed by atoms with Gasteiger partial charge in [0, 0.05) is 25.6 Å². The van der Waals surface area contributed by atoms with Gasteiger partial charge in [-0.3, -0.25) is 4.79 Å². The zero-order valence-electron chi connectivity index (χ0n) is 16.6. The van der Waals surface area contributed by atoms with E-state index in [9.17, 15) is 4.79 Å². The van der Waals surface area contributed by atoms with Crippen molar-refractivity contribution in [3.63, 3.8) is 0 Å². The van der Waals surface area contributed by atoms with E-state index in [1.807, 2.05) is 0 Å². The molecule has 2 unspecified atom stereocenters. The second-order valence-corrected chi connectivity index (χ2v) is 8.69. The molecule has 3 aliphatic rings. The fraction of sp³-hybridized carbons (Fsp3) is 0.625. The molecule has 1 heterocycles. The molecule has 3 nitrogen and oxygen atoms in total. The van der Waals surface area contributed by atoms with Gasteiger partial charge in [0.15, 0.2) is 0 Å². The number of rotatable bonds is 6. The molecule has 0 saturated carbocycles. The Morgan fingerprint density at radius 3 is 2.67 bits per heavy atom. The lowest BCUT2D eigenvalue weighted by molar-refractivity contribution is -0.136. The molecule has 146 valence electrons. The first-order valence-corrected chi connectivity index (χ1v) is 11.0. The van der Waals surface area contributed by atoms with E-state index in [0.717, 1.165) is 45.3 Å². The van der Waals surface area contributed by atoms with Crippen molar-refractivity contribution in [1.29, 1.82) is 0 Å². The maximum absolute atomic E-state index is 13.5. The van der Waals surface area contributed by atoms with Gasteiger partial charge < -0.3 is 9.80 Å². The standard InChI is InChI=1S/C24H34N2O/c27-24(23-13-12-21-10-4-5-11-22(21)18-23)26(17-16-25-14-6-7-15-25)19-20-8-2-1-3-9-20/h1-2,4-5,10-11,20,23H,3,6-9,12-19H2. The SMILES string of the molecule is O=C(C1CCc2ccccc2C1)N(CCN1CCCC1)CC1CC=CCC1. The van der Waals surface area contributed by atoms with Gasteiger partial charge in [-0.25, -0.2) is 0 Å². The van der Waals surface area contributed by atoms with Gasteiger partial charge in [0.05, 0.1) is 0 Å². The van der Waals surface area contributed by atoms with E-state index in [4.69, 9.17) is 0 Å². The molecule has 1 aromatic rings. The quantitative estimate of drug-likeness (QED) is 0.709. The number of aryl methyl sites for hydroxylation is 1. The van der Waals surface area contributed by atoms with Gasteiger partial charge in [0.1, 0.15) is 0 Å². The molecular weight excluding hydrogens is 332 g/mol. The third kappa shape index (κ3) is 4.82. The van der Waals surface area contributed by atoms with E-state index in [1.54, 1.807) is 0 Å². The van der Waals surface area contributed by atoms with Crippen LogP contribution in [0.4, 0.5) is 0 Å². The summed E-state index contributed by atoms with van der Waals surface area (Å²) in [7, 11) is 0. The van der Waals surface area contributed by atoms with E-state index in [-0.39, 0.29) is 5.92 Å². The molecule has 3 heteroatoms. The number of benzene rings is 1. The predicted octanol–water partition coefficient (Wildman–Crippen LogP) is 4.07. The zero-order valence-corrected chi connectivity index (χ0v) is 16.6. The summed E-state index contributed by atoms with van der Waals surface area (Å²) in [5, 5.41) is 0. The number of allylic oxidation sites excluding steroid dienone is 2. The largest absolute Gasteiger partial charge is 0.341 e. The zero-order chi connectivity index (χ0) is 18.5. The molecule has 0 N–H and O–H groups in total. The average molecular weight is 367 g/mol. The summed E-state index contributed by atoms with van der Waals surface area (Å²) in [5.74, 6) is 1.24. The summed E-state index contributed by atoms with van der Waals surface area (Å²) >= 11 is 0. The lowest BCUT2D eigenvalue weighted by Gasteiger charge is -2.34. The molecule has 0 spiro atoms. The summed E-state index contributed by atoms with van der Waals surface area (Å²) in [6.45, 7) is 5.35.